The molecule has 0 radical (unpaired) electrons. The first-order valence-corrected chi connectivity index (χ1v) is 3.99. The molecular weight excluding hydrogens is 176 g/mol. The van der Waals surface area contributed by atoms with Crippen LogP contribution in [-0.4, -0.2) is 12.5 Å². The van der Waals surface area contributed by atoms with Crippen molar-refractivity contribution in [2.24, 2.45) is 0 Å². The number of nitrogens with one attached hydrogen (secondary N) is 1. The molecule has 1 amide bonds. The molecule has 0 saturated carbocycles. The highest BCUT2D eigenvalue weighted by Gasteiger charge is 2.02. The van der Waals surface area contributed by atoms with E-state index in [2.05, 4.69) is 11.2 Å². The molecule has 0 heterocycles. The Morgan fingerprint density at radius 1 is 1.43 bits per heavy atom. The van der Waals surface area contributed by atoms with Crippen molar-refractivity contribution >= 4 is 5.91 Å². The average Bonchev–Trinajstić information content (AvgIpc) is 2.26. The minimum absolute atomic E-state index is 0.207. The maximum absolute atomic E-state index is 11.3. The van der Waals surface area contributed by atoms with Gasteiger partial charge in [0, 0.05) is 5.56 Å². The van der Waals surface area contributed by atoms with Gasteiger partial charge < -0.3 is 5.32 Å². The number of amides is 1. The van der Waals surface area contributed by atoms with Gasteiger partial charge in [0.25, 0.3) is 5.91 Å². The number of carbonyl (C=O) groups is 1. The summed E-state index contributed by atoms with van der Waals surface area (Å²) in [6, 6.07) is 8.32. The minimum Gasteiger partial charge on any atom is -0.341 e. The fourth-order valence-electron chi connectivity index (χ4n) is 0.930. The number of nitriles is 1. The van der Waals surface area contributed by atoms with Gasteiger partial charge in [-0.2, -0.15) is 5.26 Å². The second kappa shape index (κ2) is 4.69. The quantitative estimate of drug-likeness (QED) is 0.695. The number of benzene rings is 1. The summed E-state index contributed by atoms with van der Waals surface area (Å²) in [7, 11) is 0. The van der Waals surface area contributed by atoms with Crippen LogP contribution >= 0.6 is 0 Å². The molecule has 68 valence electrons. The topological polar surface area (TPSA) is 52.9 Å². The van der Waals surface area contributed by atoms with Gasteiger partial charge in [0.1, 0.15) is 0 Å². The highest BCUT2D eigenvalue weighted by atomic mass is 16.1. The summed E-state index contributed by atoms with van der Waals surface area (Å²) in [5, 5.41) is 11.1. The maximum Gasteiger partial charge on any atom is 0.252 e. The van der Waals surface area contributed by atoms with Crippen LogP contribution in [0.4, 0.5) is 0 Å². The lowest BCUT2D eigenvalue weighted by Crippen LogP contribution is -2.23. The Morgan fingerprint density at radius 3 is 2.57 bits per heavy atom. The molecule has 3 nitrogen and oxygen atoms in total. The third-order valence-electron chi connectivity index (χ3n) is 1.63. The van der Waals surface area contributed by atoms with E-state index < -0.39 is 0 Å². The number of carbonyl (C=O) groups excluding carboxylic acids is 1. The van der Waals surface area contributed by atoms with Gasteiger partial charge in [0.2, 0.25) is 0 Å². The molecule has 0 unspecified atom stereocenters. The first kappa shape index (κ1) is 9.83. The molecule has 0 fully saturated rings. The zero-order valence-corrected chi connectivity index (χ0v) is 7.45. The first-order valence-electron chi connectivity index (χ1n) is 3.99. The molecular formula is C11H8N2O. The Labute approximate surface area is 82.4 Å². The second-order valence-electron chi connectivity index (χ2n) is 2.58. The zero-order chi connectivity index (χ0) is 10.4. The van der Waals surface area contributed by atoms with Crippen molar-refractivity contribution in [2.75, 3.05) is 6.54 Å². The van der Waals surface area contributed by atoms with Crippen LogP contribution in [0.3, 0.4) is 0 Å². The van der Waals surface area contributed by atoms with Gasteiger partial charge in [0.05, 0.1) is 18.2 Å². The molecule has 1 rings (SSSR count). The SMILES string of the molecule is C#CCNC(=O)c1ccc(C#N)cc1. The van der Waals surface area contributed by atoms with Crippen molar-refractivity contribution in [2.45, 2.75) is 0 Å². The monoisotopic (exact) mass is 184 g/mol. The van der Waals surface area contributed by atoms with E-state index in [1.54, 1.807) is 24.3 Å². The van der Waals surface area contributed by atoms with E-state index in [1.807, 2.05) is 6.07 Å². The molecule has 0 aromatic heterocycles. The number of hydrogen-bond donors (Lipinski definition) is 1. The third kappa shape index (κ3) is 2.36. The first-order chi connectivity index (χ1) is 6.77. The van der Waals surface area contributed by atoms with Crippen molar-refractivity contribution in [1.29, 1.82) is 5.26 Å². The van der Waals surface area contributed by atoms with Crippen molar-refractivity contribution in [3.05, 3.63) is 35.4 Å². The largest absolute Gasteiger partial charge is 0.341 e. The van der Waals surface area contributed by atoms with Crippen LogP contribution < -0.4 is 5.32 Å². The van der Waals surface area contributed by atoms with Crippen LogP contribution in [0.1, 0.15) is 15.9 Å². The van der Waals surface area contributed by atoms with Gasteiger partial charge in [-0.3, -0.25) is 4.79 Å². The molecule has 0 bridgehead atoms. The lowest BCUT2D eigenvalue weighted by atomic mass is 10.1. The van der Waals surface area contributed by atoms with E-state index in [0.717, 1.165) is 0 Å². The van der Waals surface area contributed by atoms with Crippen molar-refractivity contribution < 1.29 is 4.79 Å². The molecule has 0 atom stereocenters. The average molecular weight is 184 g/mol. The van der Waals surface area contributed by atoms with Crippen LogP contribution in [0.5, 0.6) is 0 Å². The molecule has 0 spiro atoms. The summed E-state index contributed by atoms with van der Waals surface area (Å²) >= 11 is 0. The summed E-state index contributed by atoms with van der Waals surface area (Å²) in [4.78, 5) is 11.3. The van der Waals surface area contributed by atoms with Crippen molar-refractivity contribution in [3.8, 4) is 18.4 Å². The Kier molecular flexibility index (Phi) is 3.29. The van der Waals surface area contributed by atoms with E-state index in [1.165, 1.54) is 0 Å². The molecule has 3 heteroatoms. The van der Waals surface area contributed by atoms with Crippen molar-refractivity contribution in [3.63, 3.8) is 0 Å². The maximum atomic E-state index is 11.3. The van der Waals surface area contributed by atoms with Gasteiger partial charge in [-0.25, -0.2) is 0 Å². The molecule has 0 aliphatic heterocycles. The number of rotatable bonds is 2. The predicted octanol–water partition coefficient (Wildman–Crippen LogP) is 0.921. The molecule has 1 aromatic carbocycles. The Morgan fingerprint density at radius 2 is 2.07 bits per heavy atom. The lowest BCUT2D eigenvalue weighted by molar-refractivity contribution is 0.0958. The fourth-order valence-corrected chi connectivity index (χ4v) is 0.930. The summed E-state index contributed by atoms with van der Waals surface area (Å²) in [5.41, 5.74) is 1.03. The summed E-state index contributed by atoms with van der Waals surface area (Å²) in [6.07, 6.45) is 4.99. The second-order valence-corrected chi connectivity index (χ2v) is 2.58. The number of nitrogens with zero attached hydrogens (tertiary/aromatic N) is 1. The van der Waals surface area contributed by atoms with Gasteiger partial charge in [0.15, 0.2) is 0 Å². The van der Waals surface area contributed by atoms with Crippen LogP contribution in [0, 0.1) is 23.7 Å². The summed E-state index contributed by atoms with van der Waals surface area (Å²) in [5.74, 6) is 2.08. The van der Waals surface area contributed by atoms with Crippen LogP contribution in [0.25, 0.3) is 0 Å². The predicted molar refractivity (Wildman–Crippen MR) is 52.3 cm³/mol. The van der Waals surface area contributed by atoms with E-state index >= 15 is 0 Å². The van der Waals surface area contributed by atoms with E-state index in [4.69, 9.17) is 11.7 Å². The van der Waals surface area contributed by atoms with Crippen molar-refractivity contribution in [1.82, 2.24) is 5.32 Å². The lowest BCUT2D eigenvalue weighted by Gasteiger charge is -2.00. The molecule has 0 aliphatic rings. The number of terminal acetylenes is 1. The Hall–Kier alpha value is -2.26. The Balaban J connectivity index is 2.74. The van der Waals surface area contributed by atoms with Gasteiger partial charge in [-0.1, -0.05) is 5.92 Å². The fraction of sp³-hybridized carbons (Fsp3) is 0.0909. The van der Waals surface area contributed by atoms with Crippen LogP contribution in [0.2, 0.25) is 0 Å². The highest BCUT2D eigenvalue weighted by Crippen LogP contribution is 2.02. The summed E-state index contributed by atoms with van der Waals surface area (Å²) < 4.78 is 0. The number of hydrogen-bond acceptors (Lipinski definition) is 2. The standard InChI is InChI=1S/C11H8N2O/c1-2-7-13-11(14)10-5-3-9(8-12)4-6-10/h1,3-6H,7H2,(H,13,14). The highest BCUT2D eigenvalue weighted by molar-refractivity contribution is 5.94. The Bertz CT molecular complexity index is 406. The molecule has 14 heavy (non-hydrogen) atoms. The third-order valence-corrected chi connectivity index (χ3v) is 1.63. The van der Waals surface area contributed by atoms with Crippen LogP contribution in [-0.2, 0) is 0 Å². The summed E-state index contributed by atoms with van der Waals surface area (Å²) in [6.45, 7) is 0.207. The smallest absolute Gasteiger partial charge is 0.252 e. The van der Waals surface area contributed by atoms with Gasteiger partial charge in [-0.05, 0) is 24.3 Å². The van der Waals surface area contributed by atoms with Crippen LogP contribution in [0.15, 0.2) is 24.3 Å². The molecule has 1 aromatic rings. The van der Waals surface area contributed by atoms with Gasteiger partial charge >= 0.3 is 0 Å². The molecule has 0 saturated heterocycles. The van der Waals surface area contributed by atoms with E-state index in [9.17, 15) is 4.79 Å². The zero-order valence-electron chi connectivity index (χ0n) is 7.45. The van der Waals surface area contributed by atoms with E-state index in [0.29, 0.717) is 11.1 Å². The minimum atomic E-state index is -0.229. The van der Waals surface area contributed by atoms with E-state index in [-0.39, 0.29) is 12.5 Å². The van der Waals surface area contributed by atoms with Gasteiger partial charge in [-0.15, -0.1) is 6.42 Å². The molecule has 1 N–H and O–H groups in total. The normalized spacial score (nSPS) is 8.43. The molecule has 0 aliphatic carbocycles.